The lowest BCUT2D eigenvalue weighted by atomic mass is 10.2. The molecule has 112 valence electrons. The third-order valence-corrected chi connectivity index (χ3v) is 3.94. The summed E-state index contributed by atoms with van der Waals surface area (Å²) in [5.74, 6) is 1.72. The van der Waals surface area contributed by atoms with Crippen molar-refractivity contribution in [2.45, 2.75) is 45.1 Å². The molecule has 1 fully saturated rings. The molecular weight excluding hydrogens is 250 g/mol. The number of aromatic nitrogens is 1. The van der Waals surface area contributed by atoms with Crippen LogP contribution in [0.3, 0.4) is 0 Å². The highest BCUT2D eigenvalue weighted by atomic mass is 16.5. The maximum Gasteiger partial charge on any atom is 0.168 e. The molecule has 1 aliphatic rings. The molecule has 1 aromatic heterocycles. The minimum atomic E-state index is 0.738. The van der Waals surface area contributed by atoms with E-state index in [4.69, 9.17) is 4.74 Å². The monoisotopic (exact) mass is 277 g/mol. The molecule has 1 aliphatic carbocycles. The molecule has 0 saturated heterocycles. The summed E-state index contributed by atoms with van der Waals surface area (Å²) < 4.78 is 5.71. The Hall–Kier alpha value is -1.29. The number of nitrogens with zero attached hydrogens (tertiary/aromatic N) is 2. The zero-order chi connectivity index (χ0) is 14.2. The van der Waals surface area contributed by atoms with Crippen LogP contribution in [-0.2, 0) is 0 Å². The van der Waals surface area contributed by atoms with E-state index in [1.165, 1.54) is 25.7 Å². The molecule has 0 spiro atoms. The second-order valence-corrected chi connectivity index (χ2v) is 5.54. The molecule has 0 bridgehead atoms. The van der Waals surface area contributed by atoms with Gasteiger partial charge in [-0.05, 0) is 38.4 Å². The van der Waals surface area contributed by atoms with Gasteiger partial charge in [-0.2, -0.15) is 0 Å². The van der Waals surface area contributed by atoms with Gasteiger partial charge in [-0.25, -0.2) is 4.98 Å². The standard InChI is InChI=1S/C16H27N3O/c1-3-13-20-15-9-6-10-17-16(15)18-11-12-19(2)14-7-4-5-8-14/h6,9-10,14H,3-5,7-8,11-13H2,1-2H3,(H,17,18). The molecule has 0 aromatic carbocycles. The van der Waals surface area contributed by atoms with Crippen LogP contribution in [0.2, 0.25) is 0 Å². The van der Waals surface area contributed by atoms with Gasteiger partial charge >= 0.3 is 0 Å². The SMILES string of the molecule is CCCOc1cccnc1NCCN(C)C1CCCC1. The molecule has 0 amide bonds. The Balaban J connectivity index is 1.78. The number of hydrogen-bond acceptors (Lipinski definition) is 4. The predicted octanol–water partition coefficient (Wildman–Crippen LogP) is 3.16. The fourth-order valence-electron chi connectivity index (χ4n) is 2.73. The van der Waals surface area contributed by atoms with Crippen LogP contribution >= 0.6 is 0 Å². The number of hydrogen-bond donors (Lipinski definition) is 1. The highest BCUT2D eigenvalue weighted by Gasteiger charge is 2.18. The Morgan fingerprint density at radius 1 is 1.40 bits per heavy atom. The van der Waals surface area contributed by atoms with E-state index in [2.05, 4.69) is 29.2 Å². The van der Waals surface area contributed by atoms with Gasteiger partial charge < -0.3 is 15.0 Å². The summed E-state index contributed by atoms with van der Waals surface area (Å²) in [7, 11) is 2.23. The van der Waals surface area contributed by atoms with Crippen molar-refractivity contribution in [1.82, 2.24) is 9.88 Å². The van der Waals surface area contributed by atoms with Gasteiger partial charge in [0.25, 0.3) is 0 Å². The molecule has 0 unspecified atom stereocenters. The van der Waals surface area contributed by atoms with Crippen molar-refractivity contribution >= 4 is 5.82 Å². The van der Waals surface area contributed by atoms with Crippen LogP contribution in [0.1, 0.15) is 39.0 Å². The van der Waals surface area contributed by atoms with Gasteiger partial charge in [0.1, 0.15) is 0 Å². The number of likely N-dealkylation sites (N-methyl/N-ethyl adjacent to an activating group) is 1. The average Bonchev–Trinajstić information content (AvgIpc) is 3.00. The van der Waals surface area contributed by atoms with E-state index in [0.717, 1.165) is 43.7 Å². The van der Waals surface area contributed by atoms with Gasteiger partial charge in [0, 0.05) is 25.3 Å². The van der Waals surface area contributed by atoms with E-state index in [0.29, 0.717) is 0 Å². The number of nitrogens with one attached hydrogen (secondary N) is 1. The molecular formula is C16H27N3O. The maximum atomic E-state index is 5.71. The van der Waals surface area contributed by atoms with Gasteiger partial charge in [0.2, 0.25) is 0 Å². The Kier molecular flexibility index (Phi) is 6.12. The molecule has 4 nitrogen and oxygen atoms in total. The van der Waals surface area contributed by atoms with Crippen LogP contribution in [0.15, 0.2) is 18.3 Å². The first-order valence-electron chi connectivity index (χ1n) is 7.83. The van der Waals surface area contributed by atoms with Gasteiger partial charge in [0.15, 0.2) is 11.6 Å². The summed E-state index contributed by atoms with van der Waals surface area (Å²) >= 11 is 0. The minimum Gasteiger partial charge on any atom is -0.490 e. The van der Waals surface area contributed by atoms with E-state index in [9.17, 15) is 0 Å². The first-order chi connectivity index (χ1) is 9.81. The van der Waals surface area contributed by atoms with Gasteiger partial charge in [-0.3, -0.25) is 0 Å². The van der Waals surface area contributed by atoms with Crippen molar-refractivity contribution in [3.8, 4) is 5.75 Å². The topological polar surface area (TPSA) is 37.4 Å². The zero-order valence-corrected chi connectivity index (χ0v) is 12.8. The van der Waals surface area contributed by atoms with Crippen molar-refractivity contribution in [3.63, 3.8) is 0 Å². The Bertz CT molecular complexity index is 391. The first-order valence-corrected chi connectivity index (χ1v) is 7.83. The highest BCUT2D eigenvalue weighted by Crippen LogP contribution is 2.23. The van der Waals surface area contributed by atoms with Crippen molar-refractivity contribution in [3.05, 3.63) is 18.3 Å². The maximum absolute atomic E-state index is 5.71. The van der Waals surface area contributed by atoms with Crippen LogP contribution in [0.5, 0.6) is 5.75 Å². The Labute approximate surface area is 122 Å². The van der Waals surface area contributed by atoms with Crippen LogP contribution in [0.4, 0.5) is 5.82 Å². The van der Waals surface area contributed by atoms with E-state index in [-0.39, 0.29) is 0 Å². The summed E-state index contributed by atoms with van der Waals surface area (Å²) in [5, 5.41) is 3.40. The van der Waals surface area contributed by atoms with Crippen molar-refractivity contribution in [2.24, 2.45) is 0 Å². The smallest absolute Gasteiger partial charge is 0.168 e. The van der Waals surface area contributed by atoms with Crippen LogP contribution in [0, 0.1) is 0 Å². The fraction of sp³-hybridized carbons (Fsp3) is 0.688. The van der Waals surface area contributed by atoms with Crippen LogP contribution in [0.25, 0.3) is 0 Å². The minimum absolute atomic E-state index is 0.738. The average molecular weight is 277 g/mol. The predicted molar refractivity (Wildman–Crippen MR) is 83.4 cm³/mol. The molecule has 4 heteroatoms. The Morgan fingerprint density at radius 2 is 2.20 bits per heavy atom. The lowest BCUT2D eigenvalue weighted by molar-refractivity contribution is 0.254. The van der Waals surface area contributed by atoms with E-state index in [1.54, 1.807) is 0 Å². The third kappa shape index (κ3) is 4.37. The van der Waals surface area contributed by atoms with Crippen molar-refractivity contribution in [1.29, 1.82) is 0 Å². The number of pyridine rings is 1. The number of anilines is 1. The zero-order valence-electron chi connectivity index (χ0n) is 12.8. The summed E-state index contributed by atoms with van der Waals surface area (Å²) in [5.41, 5.74) is 0. The van der Waals surface area contributed by atoms with E-state index >= 15 is 0 Å². The Morgan fingerprint density at radius 3 is 2.95 bits per heavy atom. The molecule has 1 saturated carbocycles. The van der Waals surface area contributed by atoms with Gasteiger partial charge in [-0.15, -0.1) is 0 Å². The van der Waals surface area contributed by atoms with Crippen molar-refractivity contribution in [2.75, 3.05) is 32.1 Å². The second-order valence-electron chi connectivity index (χ2n) is 5.54. The van der Waals surface area contributed by atoms with E-state index in [1.807, 2.05) is 18.3 Å². The molecule has 0 radical (unpaired) electrons. The summed E-state index contributed by atoms with van der Waals surface area (Å²) in [6.45, 7) is 4.81. The molecule has 1 N–H and O–H groups in total. The van der Waals surface area contributed by atoms with Crippen LogP contribution in [-0.4, -0.2) is 42.7 Å². The van der Waals surface area contributed by atoms with E-state index < -0.39 is 0 Å². The lowest BCUT2D eigenvalue weighted by Gasteiger charge is -2.24. The highest BCUT2D eigenvalue weighted by molar-refractivity contribution is 5.49. The fourth-order valence-corrected chi connectivity index (χ4v) is 2.73. The molecule has 1 heterocycles. The summed E-state index contributed by atoms with van der Waals surface area (Å²) in [6.07, 6.45) is 8.30. The summed E-state index contributed by atoms with van der Waals surface area (Å²) in [4.78, 5) is 6.84. The molecule has 20 heavy (non-hydrogen) atoms. The lowest BCUT2D eigenvalue weighted by Crippen LogP contribution is -2.33. The second kappa shape index (κ2) is 8.10. The van der Waals surface area contributed by atoms with Crippen molar-refractivity contribution < 1.29 is 4.74 Å². The number of rotatable bonds is 8. The normalized spacial score (nSPS) is 15.8. The molecule has 2 rings (SSSR count). The summed E-state index contributed by atoms with van der Waals surface area (Å²) in [6, 6.07) is 4.67. The number of ether oxygens (including phenoxy) is 1. The molecule has 1 aromatic rings. The molecule has 0 atom stereocenters. The molecule has 0 aliphatic heterocycles. The van der Waals surface area contributed by atoms with Gasteiger partial charge in [-0.1, -0.05) is 19.8 Å². The first kappa shape index (κ1) is 15.1. The largest absolute Gasteiger partial charge is 0.490 e. The van der Waals surface area contributed by atoms with Crippen LogP contribution < -0.4 is 10.1 Å². The van der Waals surface area contributed by atoms with Gasteiger partial charge in [0.05, 0.1) is 6.61 Å². The third-order valence-electron chi connectivity index (χ3n) is 3.94. The quantitative estimate of drug-likeness (QED) is 0.792.